The van der Waals surface area contributed by atoms with Gasteiger partial charge in [0.1, 0.15) is 12.4 Å². The second kappa shape index (κ2) is 10.2. The highest BCUT2D eigenvalue weighted by atomic mass is 35.5. The number of rotatable bonds is 6. The number of benzene rings is 4. The first kappa shape index (κ1) is 26.9. The first-order valence-corrected chi connectivity index (χ1v) is 14.9. The summed E-state index contributed by atoms with van der Waals surface area (Å²) in [4.78, 5) is 12.8. The fraction of sp³-hybridized carbons (Fsp3) is 0.0385. The van der Waals surface area contributed by atoms with Crippen molar-refractivity contribution in [2.24, 2.45) is 0 Å². The van der Waals surface area contributed by atoms with Gasteiger partial charge in [0.05, 0.1) is 21.2 Å². The van der Waals surface area contributed by atoms with Gasteiger partial charge >= 0.3 is 0 Å². The molecule has 0 saturated carbocycles. The number of fused-ring (bicyclic) bond motifs is 3. The van der Waals surface area contributed by atoms with E-state index in [1.807, 2.05) is 0 Å². The molecule has 0 aliphatic carbocycles. The van der Waals surface area contributed by atoms with E-state index in [1.54, 1.807) is 18.2 Å². The van der Waals surface area contributed by atoms with E-state index in [1.165, 1.54) is 60.7 Å². The van der Waals surface area contributed by atoms with Gasteiger partial charge in [0, 0.05) is 26.9 Å². The predicted molar refractivity (Wildman–Crippen MR) is 149 cm³/mol. The Hall–Kier alpha value is -3.64. The maximum Gasteiger partial charge on any atom is 0.265 e. The summed E-state index contributed by atoms with van der Waals surface area (Å²) < 4.78 is 69.5. The van der Waals surface area contributed by atoms with Crippen LogP contribution in [-0.4, -0.2) is 29.3 Å². The predicted octanol–water partition coefficient (Wildman–Crippen LogP) is 5.75. The summed E-state index contributed by atoms with van der Waals surface area (Å²) in [6, 6.07) is 19.4. The van der Waals surface area contributed by atoms with Gasteiger partial charge in [-0.05, 0) is 66.7 Å². The maximum absolute atomic E-state index is 14.0. The lowest BCUT2D eigenvalue weighted by Gasteiger charge is -2.31. The third-order valence-corrected chi connectivity index (χ3v) is 9.47. The molecule has 0 radical (unpaired) electrons. The molecule has 0 fully saturated rings. The van der Waals surface area contributed by atoms with Crippen LogP contribution in [0, 0.1) is 5.82 Å². The van der Waals surface area contributed by atoms with Crippen molar-refractivity contribution in [3.8, 4) is 11.1 Å². The van der Waals surface area contributed by atoms with Crippen LogP contribution >= 0.6 is 23.2 Å². The molecule has 0 atom stereocenters. The minimum Gasteiger partial charge on any atom is -0.325 e. The largest absolute Gasteiger partial charge is 0.325 e. The van der Waals surface area contributed by atoms with Gasteiger partial charge in [0.2, 0.25) is 5.91 Å². The first-order valence-electron chi connectivity index (χ1n) is 11.2. The molecule has 200 valence electrons. The summed E-state index contributed by atoms with van der Waals surface area (Å²) in [7, 11) is -8.11. The van der Waals surface area contributed by atoms with E-state index < -0.39 is 38.3 Å². The molecular formula is C26H18Cl2FN3O5S2. The molecule has 1 aliphatic heterocycles. The lowest BCUT2D eigenvalue weighted by atomic mass is 10.0. The fourth-order valence-corrected chi connectivity index (χ4v) is 7.36. The quantitative estimate of drug-likeness (QED) is 0.291. The minimum absolute atomic E-state index is 0.0426. The fourth-order valence-electron chi connectivity index (χ4n) is 4.15. The summed E-state index contributed by atoms with van der Waals surface area (Å²) in [5.41, 5.74) is 1.26. The molecule has 1 aliphatic rings. The second-order valence-corrected chi connectivity index (χ2v) is 12.9. The van der Waals surface area contributed by atoms with Crippen LogP contribution in [0.2, 0.25) is 10.0 Å². The van der Waals surface area contributed by atoms with Gasteiger partial charge in [0.25, 0.3) is 20.0 Å². The highest BCUT2D eigenvalue weighted by Crippen LogP contribution is 2.43. The third-order valence-electron chi connectivity index (χ3n) is 5.82. The van der Waals surface area contributed by atoms with Crippen molar-refractivity contribution in [2.45, 2.75) is 9.79 Å². The highest BCUT2D eigenvalue weighted by molar-refractivity contribution is 7.93. The Morgan fingerprint density at radius 1 is 0.846 bits per heavy atom. The van der Waals surface area contributed by atoms with E-state index in [-0.39, 0.29) is 36.9 Å². The van der Waals surface area contributed by atoms with Crippen molar-refractivity contribution in [3.05, 3.63) is 101 Å². The smallest absolute Gasteiger partial charge is 0.265 e. The molecule has 0 spiro atoms. The molecule has 1 amide bonds. The average molecular weight is 606 g/mol. The van der Waals surface area contributed by atoms with Crippen molar-refractivity contribution >= 4 is 66.2 Å². The summed E-state index contributed by atoms with van der Waals surface area (Å²) in [6.45, 7) is -0.591. The number of nitrogens with zero attached hydrogens (tertiary/aromatic N) is 1. The standard InChI is InChI=1S/C26H18Cl2FN3O5S2/c27-16-11-17(28)13-20(12-16)31-38(34,35)21-8-6-19(7-9-21)30-26(33)15-32-24-10-5-18(29)14-23(24)22-3-1-2-4-25(22)39(32,36)37/h1-14,31H,15H2,(H,30,33). The highest BCUT2D eigenvalue weighted by Gasteiger charge is 2.36. The molecule has 2 N–H and O–H groups in total. The Morgan fingerprint density at radius 3 is 2.21 bits per heavy atom. The third kappa shape index (κ3) is 5.44. The summed E-state index contributed by atoms with van der Waals surface area (Å²) >= 11 is 11.8. The zero-order valence-electron chi connectivity index (χ0n) is 19.7. The molecule has 4 aromatic rings. The van der Waals surface area contributed by atoms with Gasteiger partial charge in [-0.3, -0.25) is 13.8 Å². The van der Waals surface area contributed by atoms with Crippen LogP contribution in [-0.2, 0) is 24.8 Å². The number of halogens is 3. The molecule has 8 nitrogen and oxygen atoms in total. The number of carbonyl (C=O) groups excluding carboxylic acids is 1. The van der Waals surface area contributed by atoms with Gasteiger partial charge < -0.3 is 5.32 Å². The van der Waals surface area contributed by atoms with E-state index in [0.717, 1.165) is 10.4 Å². The molecule has 5 rings (SSSR count). The lowest BCUT2D eigenvalue weighted by molar-refractivity contribution is -0.114. The molecule has 4 aromatic carbocycles. The Morgan fingerprint density at radius 2 is 1.51 bits per heavy atom. The zero-order valence-corrected chi connectivity index (χ0v) is 22.9. The van der Waals surface area contributed by atoms with E-state index in [4.69, 9.17) is 23.2 Å². The number of amides is 1. The van der Waals surface area contributed by atoms with Gasteiger partial charge in [0.15, 0.2) is 0 Å². The lowest BCUT2D eigenvalue weighted by Crippen LogP contribution is -2.40. The van der Waals surface area contributed by atoms with E-state index in [9.17, 15) is 26.0 Å². The van der Waals surface area contributed by atoms with E-state index >= 15 is 0 Å². The van der Waals surface area contributed by atoms with Crippen LogP contribution in [0.3, 0.4) is 0 Å². The van der Waals surface area contributed by atoms with Crippen LogP contribution < -0.4 is 14.3 Å². The van der Waals surface area contributed by atoms with Crippen LogP contribution in [0.4, 0.5) is 21.5 Å². The molecule has 39 heavy (non-hydrogen) atoms. The average Bonchev–Trinajstić information content (AvgIpc) is 2.86. The van der Waals surface area contributed by atoms with Gasteiger partial charge in [-0.15, -0.1) is 0 Å². The van der Waals surface area contributed by atoms with Gasteiger partial charge in [-0.2, -0.15) is 0 Å². The number of anilines is 3. The maximum atomic E-state index is 14.0. The molecule has 0 unspecified atom stereocenters. The second-order valence-electron chi connectivity index (χ2n) is 8.51. The van der Waals surface area contributed by atoms with Crippen LogP contribution in [0.5, 0.6) is 0 Å². The molecular weight excluding hydrogens is 588 g/mol. The topological polar surface area (TPSA) is 113 Å². The summed E-state index contributed by atoms with van der Waals surface area (Å²) in [6.07, 6.45) is 0. The summed E-state index contributed by atoms with van der Waals surface area (Å²) in [5.74, 6) is -1.23. The normalized spacial score (nSPS) is 13.8. The zero-order chi connectivity index (χ0) is 27.9. The molecule has 1 heterocycles. The molecule has 0 aromatic heterocycles. The van der Waals surface area contributed by atoms with Crippen molar-refractivity contribution < 1.29 is 26.0 Å². The van der Waals surface area contributed by atoms with Gasteiger partial charge in [-0.25, -0.2) is 21.2 Å². The number of hydrogen-bond donors (Lipinski definition) is 2. The van der Waals surface area contributed by atoms with Crippen molar-refractivity contribution in [2.75, 3.05) is 20.9 Å². The van der Waals surface area contributed by atoms with Crippen LogP contribution in [0.1, 0.15) is 0 Å². The molecule has 13 heteroatoms. The van der Waals surface area contributed by atoms with E-state index in [0.29, 0.717) is 11.1 Å². The first-order chi connectivity index (χ1) is 18.4. The van der Waals surface area contributed by atoms with Gasteiger partial charge in [-0.1, -0.05) is 41.4 Å². The number of hydrogen-bond acceptors (Lipinski definition) is 5. The number of carbonyl (C=O) groups is 1. The Bertz CT molecular complexity index is 1810. The Balaban J connectivity index is 1.35. The van der Waals surface area contributed by atoms with E-state index in [2.05, 4.69) is 10.0 Å². The van der Waals surface area contributed by atoms with Crippen LogP contribution in [0.15, 0.2) is 94.7 Å². The number of nitrogens with one attached hydrogen (secondary N) is 2. The van der Waals surface area contributed by atoms with Crippen LogP contribution in [0.25, 0.3) is 11.1 Å². The van der Waals surface area contributed by atoms with Crippen molar-refractivity contribution in [1.82, 2.24) is 0 Å². The minimum atomic E-state index is -4.11. The Kier molecular flexibility index (Phi) is 7.02. The van der Waals surface area contributed by atoms with Crippen molar-refractivity contribution in [1.29, 1.82) is 0 Å². The molecule has 0 bridgehead atoms. The summed E-state index contributed by atoms with van der Waals surface area (Å²) in [5, 5.41) is 3.08. The monoisotopic (exact) mass is 605 g/mol. The number of sulfonamides is 2. The molecule has 0 saturated heterocycles. The van der Waals surface area contributed by atoms with Crippen molar-refractivity contribution in [3.63, 3.8) is 0 Å². The Labute approximate surface area is 234 Å². The SMILES string of the molecule is O=C(CN1c2ccc(F)cc2-c2ccccc2S1(=O)=O)Nc1ccc(S(=O)(=O)Nc2cc(Cl)cc(Cl)c2)cc1.